The van der Waals surface area contributed by atoms with Gasteiger partial charge >= 0.3 is 0 Å². The van der Waals surface area contributed by atoms with E-state index in [0.29, 0.717) is 16.3 Å². The van der Waals surface area contributed by atoms with Crippen LogP contribution in [0.3, 0.4) is 0 Å². The number of nitrogens with two attached hydrogens (primary N) is 1. The average Bonchev–Trinajstić information content (AvgIpc) is 2.74. The van der Waals surface area contributed by atoms with Crippen LogP contribution >= 0.6 is 11.6 Å². The third-order valence-corrected chi connectivity index (χ3v) is 5.28. The molecule has 1 aliphatic rings. The molecule has 0 radical (unpaired) electrons. The lowest BCUT2D eigenvalue weighted by Gasteiger charge is -2.27. The van der Waals surface area contributed by atoms with Crippen LogP contribution in [0, 0.1) is 0 Å². The fraction of sp³-hybridized carbons (Fsp3) is 0.227. The molecular weight excluding hydrogens is 372 g/mol. The van der Waals surface area contributed by atoms with Crippen LogP contribution in [0.25, 0.3) is 22.5 Å². The number of hydrogen-bond donors (Lipinski definition) is 1. The highest BCUT2D eigenvalue weighted by Gasteiger charge is 2.21. The monoisotopic (exact) mass is 392 g/mol. The number of likely N-dealkylation sites (tertiary alicyclic amines) is 1. The fourth-order valence-corrected chi connectivity index (χ4v) is 3.68. The maximum Gasteiger partial charge on any atom is 0.255 e. The number of nitrogen functional groups attached to an aromatic ring is 1. The molecule has 2 heterocycles. The second kappa shape index (κ2) is 7.98. The van der Waals surface area contributed by atoms with Gasteiger partial charge in [0.1, 0.15) is 0 Å². The number of benzene rings is 2. The second-order valence-corrected chi connectivity index (χ2v) is 7.32. The third kappa shape index (κ3) is 3.85. The molecule has 2 N–H and O–H groups in total. The first-order valence-corrected chi connectivity index (χ1v) is 9.79. The summed E-state index contributed by atoms with van der Waals surface area (Å²) in [5.74, 6) is 0.159. The van der Waals surface area contributed by atoms with Crippen molar-refractivity contribution in [3.05, 3.63) is 65.2 Å². The lowest BCUT2D eigenvalue weighted by atomic mass is 10.0. The summed E-state index contributed by atoms with van der Waals surface area (Å²) in [5.41, 5.74) is 9.60. The van der Waals surface area contributed by atoms with Crippen molar-refractivity contribution >= 4 is 23.5 Å². The average molecular weight is 393 g/mol. The van der Waals surface area contributed by atoms with Gasteiger partial charge in [0.25, 0.3) is 5.91 Å². The molecule has 0 spiro atoms. The predicted octanol–water partition coefficient (Wildman–Crippen LogP) is 4.67. The summed E-state index contributed by atoms with van der Waals surface area (Å²) in [4.78, 5) is 23.5. The number of piperidine rings is 1. The van der Waals surface area contributed by atoms with Gasteiger partial charge in [0.15, 0.2) is 0 Å². The van der Waals surface area contributed by atoms with Crippen LogP contribution in [0.1, 0.15) is 29.6 Å². The van der Waals surface area contributed by atoms with E-state index in [4.69, 9.17) is 17.3 Å². The highest BCUT2D eigenvalue weighted by molar-refractivity contribution is 6.34. The van der Waals surface area contributed by atoms with Crippen LogP contribution in [0.5, 0.6) is 0 Å². The zero-order chi connectivity index (χ0) is 19.5. The first-order chi connectivity index (χ1) is 13.6. The van der Waals surface area contributed by atoms with Crippen LogP contribution in [-0.2, 0) is 0 Å². The zero-order valence-electron chi connectivity index (χ0n) is 15.4. The lowest BCUT2D eigenvalue weighted by Crippen LogP contribution is -2.35. The van der Waals surface area contributed by atoms with E-state index in [1.165, 1.54) is 6.42 Å². The molecule has 0 saturated carbocycles. The van der Waals surface area contributed by atoms with E-state index in [2.05, 4.69) is 9.97 Å². The summed E-state index contributed by atoms with van der Waals surface area (Å²) in [5, 5.41) is 0.449. The number of anilines is 1. The molecular formula is C22H21ClN4O. The molecule has 142 valence electrons. The largest absolute Gasteiger partial charge is 0.368 e. The van der Waals surface area contributed by atoms with Gasteiger partial charge in [-0.25, -0.2) is 9.97 Å². The van der Waals surface area contributed by atoms with Gasteiger partial charge in [-0.1, -0.05) is 48.0 Å². The third-order valence-electron chi connectivity index (χ3n) is 4.95. The number of nitrogens with zero attached hydrogens (tertiary/aromatic N) is 3. The van der Waals surface area contributed by atoms with E-state index >= 15 is 0 Å². The highest BCUT2D eigenvalue weighted by Crippen LogP contribution is 2.29. The van der Waals surface area contributed by atoms with Crippen LogP contribution in [0.4, 0.5) is 5.95 Å². The van der Waals surface area contributed by atoms with Crippen molar-refractivity contribution in [2.75, 3.05) is 18.8 Å². The van der Waals surface area contributed by atoms with Crippen molar-refractivity contribution in [1.82, 2.24) is 14.9 Å². The molecule has 3 aromatic rings. The minimum Gasteiger partial charge on any atom is -0.368 e. The Morgan fingerprint density at radius 2 is 1.57 bits per heavy atom. The minimum atomic E-state index is -0.0307. The highest BCUT2D eigenvalue weighted by atomic mass is 35.5. The molecule has 0 atom stereocenters. The van der Waals surface area contributed by atoms with Crippen molar-refractivity contribution < 1.29 is 4.79 Å². The van der Waals surface area contributed by atoms with Gasteiger partial charge in [0, 0.05) is 24.2 Å². The van der Waals surface area contributed by atoms with E-state index in [-0.39, 0.29) is 11.9 Å². The topological polar surface area (TPSA) is 72.1 Å². The molecule has 0 aliphatic carbocycles. The van der Waals surface area contributed by atoms with Crippen LogP contribution in [0.2, 0.25) is 5.02 Å². The summed E-state index contributed by atoms with van der Waals surface area (Å²) >= 11 is 6.35. The second-order valence-electron chi connectivity index (χ2n) is 6.91. The number of halogens is 1. The molecule has 2 aromatic carbocycles. The SMILES string of the molecule is Nc1nc(-c2ccccc2)cc(-c2ccc(Cl)c(C(=O)N3CCCCC3)c2)n1. The Hall–Kier alpha value is -2.92. The lowest BCUT2D eigenvalue weighted by molar-refractivity contribution is 0.0724. The van der Waals surface area contributed by atoms with Crippen molar-refractivity contribution in [3.8, 4) is 22.5 Å². The zero-order valence-corrected chi connectivity index (χ0v) is 16.2. The summed E-state index contributed by atoms with van der Waals surface area (Å²) in [6.07, 6.45) is 3.23. The maximum atomic E-state index is 12.9. The van der Waals surface area contributed by atoms with Gasteiger partial charge in [0.05, 0.1) is 22.0 Å². The molecule has 4 rings (SSSR count). The van der Waals surface area contributed by atoms with Crippen molar-refractivity contribution in [1.29, 1.82) is 0 Å². The molecule has 6 heteroatoms. The van der Waals surface area contributed by atoms with E-state index < -0.39 is 0 Å². The first-order valence-electron chi connectivity index (χ1n) is 9.41. The Bertz CT molecular complexity index is 1000. The quantitative estimate of drug-likeness (QED) is 0.702. The standard InChI is InChI=1S/C22H21ClN4O/c23-18-10-9-16(13-17(18)21(28)27-11-5-2-6-12-27)20-14-19(25-22(24)26-20)15-7-3-1-4-8-15/h1,3-4,7-10,13-14H,2,5-6,11-12H2,(H2,24,25,26). The number of carbonyl (C=O) groups excluding carboxylic acids is 1. The van der Waals surface area contributed by atoms with Crippen LogP contribution in [0.15, 0.2) is 54.6 Å². The molecule has 28 heavy (non-hydrogen) atoms. The normalized spacial score (nSPS) is 14.1. The number of hydrogen-bond acceptors (Lipinski definition) is 4. The molecule has 1 aliphatic heterocycles. The number of aromatic nitrogens is 2. The molecule has 0 unspecified atom stereocenters. The van der Waals surface area contributed by atoms with Crippen molar-refractivity contribution in [3.63, 3.8) is 0 Å². The summed E-state index contributed by atoms with van der Waals surface area (Å²) in [7, 11) is 0. The molecule has 0 bridgehead atoms. The maximum absolute atomic E-state index is 12.9. The predicted molar refractivity (Wildman–Crippen MR) is 112 cm³/mol. The summed E-state index contributed by atoms with van der Waals surface area (Å²) < 4.78 is 0. The van der Waals surface area contributed by atoms with Crippen molar-refractivity contribution in [2.45, 2.75) is 19.3 Å². The van der Waals surface area contributed by atoms with Gasteiger partial charge < -0.3 is 10.6 Å². The van der Waals surface area contributed by atoms with E-state index in [0.717, 1.165) is 42.8 Å². The fourth-order valence-electron chi connectivity index (χ4n) is 3.49. The molecule has 1 fully saturated rings. The molecule has 5 nitrogen and oxygen atoms in total. The van der Waals surface area contributed by atoms with E-state index in [1.807, 2.05) is 47.4 Å². The number of carbonyl (C=O) groups is 1. The van der Waals surface area contributed by atoms with E-state index in [1.54, 1.807) is 12.1 Å². The molecule has 1 aromatic heterocycles. The Kier molecular flexibility index (Phi) is 5.26. The van der Waals surface area contributed by atoms with E-state index in [9.17, 15) is 4.79 Å². The van der Waals surface area contributed by atoms with Gasteiger partial charge in [-0.15, -0.1) is 0 Å². The van der Waals surface area contributed by atoms with Gasteiger partial charge in [-0.2, -0.15) is 0 Å². The van der Waals surface area contributed by atoms with Gasteiger partial charge in [-0.3, -0.25) is 4.79 Å². The summed E-state index contributed by atoms with van der Waals surface area (Å²) in [6, 6.07) is 17.1. The molecule has 1 saturated heterocycles. The number of amides is 1. The van der Waals surface area contributed by atoms with Gasteiger partial charge in [0.2, 0.25) is 5.95 Å². The van der Waals surface area contributed by atoms with Crippen molar-refractivity contribution in [2.24, 2.45) is 0 Å². The molecule has 1 amide bonds. The Morgan fingerprint density at radius 1 is 0.893 bits per heavy atom. The van der Waals surface area contributed by atoms with Crippen LogP contribution < -0.4 is 5.73 Å². The minimum absolute atomic E-state index is 0.0307. The summed E-state index contributed by atoms with van der Waals surface area (Å²) in [6.45, 7) is 1.55. The Labute approximate surface area is 169 Å². The smallest absolute Gasteiger partial charge is 0.255 e. The number of rotatable bonds is 3. The Balaban J connectivity index is 1.72. The Morgan fingerprint density at radius 3 is 2.29 bits per heavy atom. The van der Waals surface area contributed by atoms with Gasteiger partial charge in [-0.05, 0) is 37.5 Å². The van der Waals surface area contributed by atoms with Crippen LogP contribution in [-0.4, -0.2) is 33.9 Å². The first kappa shape index (κ1) is 18.4.